The van der Waals surface area contributed by atoms with Crippen LogP contribution < -0.4 is 10.2 Å². The van der Waals surface area contributed by atoms with Gasteiger partial charge in [0.15, 0.2) is 0 Å². The molecule has 0 aliphatic carbocycles. The Hall–Kier alpha value is -0.540. The normalized spacial score (nSPS) is 20.4. The number of hydrogen-bond acceptors (Lipinski definition) is 2. The summed E-state index contributed by atoms with van der Waals surface area (Å²) >= 11 is 3.69. The van der Waals surface area contributed by atoms with Crippen LogP contribution >= 0.6 is 15.9 Å². The third-order valence-electron chi connectivity index (χ3n) is 3.19. The summed E-state index contributed by atoms with van der Waals surface area (Å²) in [6, 6.07) is 7.13. The Morgan fingerprint density at radius 1 is 1.50 bits per heavy atom. The van der Waals surface area contributed by atoms with Crippen molar-refractivity contribution >= 4 is 21.6 Å². The Morgan fingerprint density at radius 2 is 2.31 bits per heavy atom. The van der Waals surface area contributed by atoms with E-state index in [2.05, 4.69) is 58.2 Å². The van der Waals surface area contributed by atoms with Crippen molar-refractivity contribution < 1.29 is 0 Å². The van der Waals surface area contributed by atoms with Crippen LogP contribution in [0, 0.1) is 6.92 Å². The molecular weight excluding hydrogens is 264 g/mol. The molecule has 1 aromatic carbocycles. The molecular formula is C13H19BrN2. The van der Waals surface area contributed by atoms with Crippen LogP contribution in [0.1, 0.15) is 18.9 Å². The highest BCUT2D eigenvalue weighted by Crippen LogP contribution is 2.31. The van der Waals surface area contributed by atoms with E-state index in [1.54, 1.807) is 0 Å². The molecule has 88 valence electrons. The van der Waals surface area contributed by atoms with Crippen molar-refractivity contribution in [1.82, 2.24) is 5.32 Å². The second-order valence-corrected chi connectivity index (χ2v) is 5.19. The van der Waals surface area contributed by atoms with Crippen molar-refractivity contribution in [3.8, 4) is 0 Å². The van der Waals surface area contributed by atoms with Crippen LogP contribution in [-0.4, -0.2) is 25.7 Å². The molecule has 1 aromatic rings. The first-order valence-electron chi connectivity index (χ1n) is 5.95. The fourth-order valence-corrected chi connectivity index (χ4v) is 2.83. The van der Waals surface area contributed by atoms with E-state index in [4.69, 9.17) is 0 Å². The van der Waals surface area contributed by atoms with Crippen LogP contribution in [0.25, 0.3) is 0 Å². The first-order valence-corrected chi connectivity index (χ1v) is 6.75. The Labute approximate surface area is 106 Å². The molecule has 3 heteroatoms. The minimum Gasteiger partial charge on any atom is -0.369 e. The summed E-state index contributed by atoms with van der Waals surface area (Å²) < 4.78 is 1.24. The molecule has 1 unspecified atom stereocenters. The first-order chi connectivity index (χ1) is 7.72. The zero-order valence-corrected chi connectivity index (χ0v) is 11.5. The number of nitrogens with zero attached hydrogens (tertiary/aromatic N) is 1. The van der Waals surface area contributed by atoms with Gasteiger partial charge in [0.25, 0.3) is 0 Å². The van der Waals surface area contributed by atoms with Crippen molar-refractivity contribution in [3.63, 3.8) is 0 Å². The molecule has 1 fully saturated rings. The fraction of sp³-hybridized carbons (Fsp3) is 0.538. The maximum Gasteiger partial charge on any atom is 0.0513 e. The molecule has 1 aliphatic rings. The van der Waals surface area contributed by atoms with Gasteiger partial charge in [-0.15, -0.1) is 0 Å². The van der Waals surface area contributed by atoms with E-state index in [0.717, 1.165) is 19.6 Å². The summed E-state index contributed by atoms with van der Waals surface area (Å²) in [7, 11) is 0. The first kappa shape index (κ1) is 11.9. The Morgan fingerprint density at radius 3 is 3.06 bits per heavy atom. The highest BCUT2D eigenvalue weighted by atomic mass is 79.9. The molecule has 2 rings (SSSR count). The van der Waals surface area contributed by atoms with Gasteiger partial charge in [-0.25, -0.2) is 0 Å². The number of aryl methyl sites for hydroxylation is 1. The number of anilines is 1. The van der Waals surface area contributed by atoms with E-state index >= 15 is 0 Å². The minimum absolute atomic E-state index is 0.650. The Balaban J connectivity index is 2.11. The summed E-state index contributed by atoms with van der Waals surface area (Å²) in [6.07, 6.45) is 1.24. The molecule has 0 radical (unpaired) electrons. The summed E-state index contributed by atoms with van der Waals surface area (Å²) in [6.45, 7) is 7.65. The van der Waals surface area contributed by atoms with Gasteiger partial charge in [-0.3, -0.25) is 0 Å². The SMILES string of the molecule is CCNC1CCN(c2cccc(C)c2Br)C1. The highest BCUT2D eigenvalue weighted by molar-refractivity contribution is 9.10. The lowest BCUT2D eigenvalue weighted by Crippen LogP contribution is -2.32. The van der Waals surface area contributed by atoms with E-state index in [1.165, 1.54) is 22.1 Å². The van der Waals surface area contributed by atoms with Gasteiger partial charge >= 0.3 is 0 Å². The third kappa shape index (κ3) is 2.41. The molecule has 0 bridgehead atoms. The van der Waals surface area contributed by atoms with Gasteiger partial charge in [0.1, 0.15) is 0 Å². The quantitative estimate of drug-likeness (QED) is 0.917. The van der Waals surface area contributed by atoms with E-state index < -0.39 is 0 Å². The van der Waals surface area contributed by atoms with Crippen molar-refractivity contribution in [2.45, 2.75) is 26.3 Å². The van der Waals surface area contributed by atoms with Gasteiger partial charge in [-0.1, -0.05) is 19.1 Å². The average molecular weight is 283 g/mol. The molecule has 16 heavy (non-hydrogen) atoms. The average Bonchev–Trinajstić information content (AvgIpc) is 2.71. The van der Waals surface area contributed by atoms with Gasteiger partial charge in [-0.2, -0.15) is 0 Å². The number of nitrogens with one attached hydrogen (secondary N) is 1. The van der Waals surface area contributed by atoms with Crippen LogP contribution in [0.2, 0.25) is 0 Å². The zero-order chi connectivity index (χ0) is 11.5. The number of benzene rings is 1. The molecule has 1 atom stereocenters. The lowest BCUT2D eigenvalue weighted by molar-refractivity contribution is 0.572. The molecule has 1 saturated heterocycles. The third-order valence-corrected chi connectivity index (χ3v) is 4.22. The predicted molar refractivity (Wildman–Crippen MR) is 73.2 cm³/mol. The fourth-order valence-electron chi connectivity index (χ4n) is 2.31. The van der Waals surface area contributed by atoms with E-state index in [-0.39, 0.29) is 0 Å². The monoisotopic (exact) mass is 282 g/mol. The van der Waals surface area contributed by atoms with E-state index in [9.17, 15) is 0 Å². The second kappa shape index (κ2) is 5.19. The van der Waals surface area contributed by atoms with Gasteiger partial charge in [0.2, 0.25) is 0 Å². The summed E-state index contributed by atoms with van der Waals surface area (Å²) in [5.74, 6) is 0. The predicted octanol–water partition coefficient (Wildman–Crippen LogP) is 2.95. The summed E-state index contributed by atoms with van der Waals surface area (Å²) in [5, 5.41) is 3.52. The van der Waals surface area contributed by atoms with Crippen molar-refractivity contribution in [1.29, 1.82) is 0 Å². The number of hydrogen-bond donors (Lipinski definition) is 1. The molecule has 1 aliphatic heterocycles. The molecule has 1 N–H and O–H groups in total. The van der Waals surface area contributed by atoms with Gasteiger partial charge in [-0.05, 0) is 47.4 Å². The molecule has 0 spiro atoms. The molecule has 0 aromatic heterocycles. The maximum atomic E-state index is 3.69. The van der Waals surface area contributed by atoms with Gasteiger partial charge in [0.05, 0.1) is 5.69 Å². The number of likely N-dealkylation sites (N-methyl/N-ethyl adjacent to an activating group) is 1. The lowest BCUT2D eigenvalue weighted by Gasteiger charge is -2.21. The van der Waals surface area contributed by atoms with E-state index in [1.807, 2.05) is 0 Å². The van der Waals surface area contributed by atoms with Crippen LogP contribution in [0.4, 0.5) is 5.69 Å². The summed E-state index contributed by atoms with van der Waals surface area (Å²) in [4.78, 5) is 2.46. The topological polar surface area (TPSA) is 15.3 Å². The molecule has 0 amide bonds. The van der Waals surface area contributed by atoms with Crippen molar-refractivity contribution in [2.24, 2.45) is 0 Å². The summed E-state index contributed by atoms with van der Waals surface area (Å²) in [5.41, 5.74) is 2.64. The van der Waals surface area contributed by atoms with Gasteiger partial charge < -0.3 is 10.2 Å². The standard InChI is InChI=1S/C13H19BrN2/c1-3-15-11-7-8-16(9-11)12-6-4-5-10(2)13(12)14/h4-6,11,15H,3,7-9H2,1-2H3. The van der Waals surface area contributed by atoms with Gasteiger partial charge in [0, 0.05) is 23.6 Å². The number of halogens is 1. The van der Waals surface area contributed by atoms with Crippen LogP contribution in [0.5, 0.6) is 0 Å². The van der Waals surface area contributed by atoms with Crippen molar-refractivity contribution in [2.75, 3.05) is 24.5 Å². The van der Waals surface area contributed by atoms with Crippen LogP contribution in [0.15, 0.2) is 22.7 Å². The van der Waals surface area contributed by atoms with Crippen LogP contribution in [0.3, 0.4) is 0 Å². The van der Waals surface area contributed by atoms with Crippen molar-refractivity contribution in [3.05, 3.63) is 28.2 Å². The zero-order valence-electron chi connectivity index (χ0n) is 9.96. The molecule has 1 heterocycles. The van der Waals surface area contributed by atoms with E-state index in [0.29, 0.717) is 6.04 Å². The lowest BCUT2D eigenvalue weighted by atomic mass is 10.2. The molecule has 0 saturated carbocycles. The highest BCUT2D eigenvalue weighted by Gasteiger charge is 2.23. The molecule has 2 nitrogen and oxygen atoms in total. The smallest absolute Gasteiger partial charge is 0.0513 e. The minimum atomic E-state index is 0.650. The second-order valence-electron chi connectivity index (χ2n) is 4.40. The Kier molecular flexibility index (Phi) is 3.87. The largest absolute Gasteiger partial charge is 0.369 e. The van der Waals surface area contributed by atoms with Crippen LogP contribution in [-0.2, 0) is 0 Å². The number of rotatable bonds is 3. The Bertz CT molecular complexity index is 365. The maximum absolute atomic E-state index is 3.69.